The molecule has 17 heavy (non-hydrogen) atoms. The van der Waals surface area contributed by atoms with Gasteiger partial charge in [0.2, 0.25) is 5.91 Å². The molecular weight excluding hydrogens is 218 g/mol. The quantitative estimate of drug-likeness (QED) is 0.724. The van der Waals surface area contributed by atoms with Crippen LogP contribution in [0, 0.1) is 11.3 Å². The maximum Gasteiger partial charge on any atom is 0.235 e. The number of aliphatic hydroxyl groups excluding tert-OH is 1. The summed E-state index contributed by atoms with van der Waals surface area (Å²) in [6, 6.07) is 2.24. The van der Waals surface area contributed by atoms with Crippen LogP contribution in [0.15, 0.2) is 0 Å². The second-order valence-electron chi connectivity index (χ2n) is 5.13. The molecule has 0 aromatic rings. The third kappa shape index (κ3) is 2.96. The Morgan fingerprint density at radius 1 is 1.53 bits per heavy atom. The van der Waals surface area contributed by atoms with Crippen LogP contribution in [-0.2, 0) is 4.79 Å². The molecule has 2 fully saturated rings. The zero-order valence-electron chi connectivity index (χ0n) is 9.98. The largest absolute Gasteiger partial charge is 0.392 e. The first kappa shape index (κ1) is 12.3. The minimum atomic E-state index is -0.630. The predicted molar refractivity (Wildman–Crippen MR) is 62.0 cm³/mol. The van der Waals surface area contributed by atoms with Crippen LogP contribution < -0.4 is 5.32 Å². The van der Waals surface area contributed by atoms with Crippen molar-refractivity contribution in [3.05, 3.63) is 0 Å². The second-order valence-corrected chi connectivity index (χ2v) is 5.13. The fourth-order valence-electron chi connectivity index (χ4n) is 2.71. The third-order valence-electron chi connectivity index (χ3n) is 3.66. The van der Waals surface area contributed by atoms with Crippen LogP contribution in [0.5, 0.6) is 0 Å². The molecule has 1 atom stereocenters. The lowest BCUT2D eigenvalue weighted by Gasteiger charge is -2.23. The number of hydrogen-bond donors (Lipinski definition) is 2. The molecule has 1 aliphatic carbocycles. The summed E-state index contributed by atoms with van der Waals surface area (Å²) in [6.07, 6.45) is 3.97. The van der Waals surface area contributed by atoms with Gasteiger partial charge in [0.05, 0.1) is 18.7 Å². The minimum absolute atomic E-state index is 0.0949. The Morgan fingerprint density at radius 3 is 2.76 bits per heavy atom. The number of nitrogens with one attached hydrogen (secondary N) is 1. The van der Waals surface area contributed by atoms with Gasteiger partial charge in [-0.15, -0.1) is 0 Å². The first-order valence-corrected chi connectivity index (χ1v) is 6.26. The van der Waals surface area contributed by atoms with Crippen molar-refractivity contribution in [2.45, 2.75) is 43.7 Å². The number of likely N-dealkylation sites (tertiary alicyclic amines) is 1. The molecule has 0 spiro atoms. The summed E-state index contributed by atoms with van der Waals surface area (Å²) in [5.74, 6) is -0.0949. The minimum Gasteiger partial charge on any atom is -0.392 e. The van der Waals surface area contributed by atoms with E-state index in [-0.39, 0.29) is 12.0 Å². The highest BCUT2D eigenvalue weighted by atomic mass is 16.3. The van der Waals surface area contributed by atoms with Crippen LogP contribution in [0.4, 0.5) is 0 Å². The summed E-state index contributed by atoms with van der Waals surface area (Å²) < 4.78 is 0. The van der Waals surface area contributed by atoms with E-state index in [1.807, 2.05) is 4.90 Å². The van der Waals surface area contributed by atoms with E-state index in [0.717, 1.165) is 38.6 Å². The highest BCUT2D eigenvalue weighted by Gasteiger charge is 2.35. The number of nitrogens with zero attached hydrogens (tertiary/aromatic N) is 2. The molecule has 0 bridgehead atoms. The topological polar surface area (TPSA) is 76.4 Å². The molecule has 5 nitrogen and oxygen atoms in total. The van der Waals surface area contributed by atoms with Gasteiger partial charge in [-0.3, -0.25) is 9.69 Å². The van der Waals surface area contributed by atoms with Crippen molar-refractivity contribution in [3.8, 4) is 6.07 Å². The SMILES string of the molecule is N#CC1(NC(=O)CN2CC[C@H](O)C2)CCCC1. The van der Waals surface area contributed by atoms with Crippen LogP contribution in [0.2, 0.25) is 0 Å². The van der Waals surface area contributed by atoms with Gasteiger partial charge >= 0.3 is 0 Å². The zero-order valence-corrected chi connectivity index (χ0v) is 9.98. The lowest BCUT2D eigenvalue weighted by molar-refractivity contribution is -0.123. The maximum absolute atomic E-state index is 11.8. The average molecular weight is 237 g/mol. The Hall–Kier alpha value is -1.12. The van der Waals surface area contributed by atoms with Gasteiger partial charge in [-0.2, -0.15) is 5.26 Å². The average Bonchev–Trinajstić information content (AvgIpc) is 2.89. The second kappa shape index (κ2) is 5.03. The van der Waals surface area contributed by atoms with Gasteiger partial charge in [-0.05, 0) is 32.1 Å². The Balaban J connectivity index is 1.83. The van der Waals surface area contributed by atoms with Crippen molar-refractivity contribution < 1.29 is 9.90 Å². The molecule has 0 radical (unpaired) electrons. The van der Waals surface area contributed by atoms with Gasteiger partial charge in [0.15, 0.2) is 0 Å². The van der Waals surface area contributed by atoms with Crippen molar-refractivity contribution in [2.75, 3.05) is 19.6 Å². The Morgan fingerprint density at radius 2 is 2.24 bits per heavy atom. The predicted octanol–water partition coefficient (Wildman–Crippen LogP) is 0.00558. The number of carbonyl (C=O) groups excluding carboxylic acids is 1. The van der Waals surface area contributed by atoms with Gasteiger partial charge in [-0.1, -0.05) is 0 Å². The molecule has 5 heteroatoms. The highest BCUT2D eigenvalue weighted by molar-refractivity contribution is 5.79. The number of aliphatic hydroxyl groups is 1. The molecule has 0 aromatic heterocycles. The zero-order chi connectivity index (χ0) is 12.3. The summed E-state index contributed by atoms with van der Waals surface area (Å²) in [5.41, 5.74) is -0.630. The van der Waals surface area contributed by atoms with Crippen LogP contribution in [0.25, 0.3) is 0 Å². The summed E-state index contributed by atoms with van der Waals surface area (Å²) in [4.78, 5) is 13.8. The summed E-state index contributed by atoms with van der Waals surface area (Å²) in [6.45, 7) is 1.61. The molecule has 0 aromatic carbocycles. The fraction of sp³-hybridized carbons (Fsp3) is 0.833. The number of nitriles is 1. The van der Waals surface area contributed by atoms with E-state index < -0.39 is 5.54 Å². The molecule has 1 saturated carbocycles. The molecule has 2 aliphatic rings. The van der Waals surface area contributed by atoms with Crippen molar-refractivity contribution in [2.24, 2.45) is 0 Å². The van der Waals surface area contributed by atoms with Gasteiger partial charge in [0.25, 0.3) is 0 Å². The third-order valence-corrected chi connectivity index (χ3v) is 3.66. The van der Waals surface area contributed by atoms with Crippen molar-refractivity contribution in [3.63, 3.8) is 0 Å². The van der Waals surface area contributed by atoms with E-state index in [2.05, 4.69) is 11.4 Å². The van der Waals surface area contributed by atoms with Gasteiger partial charge in [-0.25, -0.2) is 0 Å². The van der Waals surface area contributed by atoms with E-state index in [0.29, 0.717) is 13.1 Å². The molecule has 94 valence electrons. The molecule has 1 heterocycles. The standard InChI is InChI=1S/C12H19N3O2/c13-9-12(4-1-2-5-12)14-11(17)8-15-6-3-10(16)7-15/h10,16H,1-8H2,(H,14,17)/t10-/m0/s1. The van der Waals surface area contributed by atoms with Crippen LogP contribution >= 0.6 is 0 Å². The summed E-state index contributed by atoms with van der Waals surface area (Å²) in [7, 11) is 0. The van der Waals surface area contributed by atoms with Crippen LogP contribution in [0.3, 0.4) is 0 Å². The van der Waals surface area contributed by atoms with E-state index in [1.165, 1.54) is 0 Å². The molecule has 2 rings (SSSR count). The Bertz CT molecular complexity index is 331. The van der Waals surface area contributed by atoms with Crippen molar-refractivity contribution in [1.82, 2.24) is 10.2 Å². The van der Waals surface area contributed by atoms with E-state index in [1.54, 1.807) is 0 Å². The molecule has 0 unspecified atom stereocenters. The summed E-state index contributed by atoms with van der Waals surface area (Å²) >= 11 is 0. The molecule has 1 saturated heterocycles. The molecular formula is C12H19N3O2. The number of hydrogen-bond acceptors (Lipinski definition) is 4. The van der Waals surface area contributed by atoms with E-state index >= 15 is 0 Å². The summed E-state index contributed by atoms with van der Waals surface area (Å²) in [5, 5.41) is 21.4. The van der Waals surface area contributed by atoms with E-state index in [9.17, 15) is 9.90 Å². The number of β-amino-alcohol motifs (C(OH)–C–C–N with tert-alkyl or cyclic N) is 1. The first-order valence-electron chi connectivity index (χ1n) is 6.26. The van der Waals surface area contributed by atoms with Gasteiger partial charge in [0.1, 0.15) is 5.54 Å². The van der Waals surface area contributed by atoms with Crippen molar-refractivity contribution >= 4 is 5.91 Å². The maximum atomic E-state index is 11.8. The first-order chi connectivity index (χ1) is 8.13. The lowest BCUT2D eigenvalue weighted by atomic mass is 10.00. The normalized spacial score (nSPS) is 27.9. The van der Waals surface area contributed by atoms with Gasteiger partial charge < -0.3 is 10.4 Å². The molecule has 1 aliphatic heterocycles. The Labute approximate surface area is 101 Å². The van der Waals surface area contributed by atoms with Crippen LogP contribution in [-0.4, -0.2) is 47.2 Å². The van der Waals surface area contributed by atoms with Crippen molar-refractivity contribution in [1.29, 1.82) is 5.26 Å². The number of rotatable bonds is 3. The number of amides is 1. The van der Waals surface area contributed by atoms with Gasteiger partial charge in [0, 0.05) is 13.1 Å². The highest BCUT2D eigenvalue weighted by Crippen LogP contribution is 2.28. The lowest BCUT2D eigenvalue weighted by Crippen LogP contribution is -2.48. The molecule has 1 amide bonds. The fourth-order valence-corrected chi connectivity index (χ4v) is 2.71. The number of carbonyl (C=O) groups is 1. The molecule has 2 N–H and O–H groups in total. The van der Waals surface area contributed by atoms with Crippen LogP contribution in [0.1, 0.15) is 32.1 Å². The smallest absolute Gasteiger partial charge is 0.235 e. The Kier molecular flexibility index (Phi) is 3.65. The van der Waals surface area contributed by atoms with E-state index in [4.69, 9.17) is 5.26 Å². The monoisotopic (exact) mass is 237 g/mol.